The summed E-state index contributed by atoms with van der Waals surface area (Å²) < 4.78 is 25.0. The molecule has 0 amide bonds. The van der Waals surface area contributed by atoms with Gasteiger partial charge in [0.15, 0.2) is 16.6 Å². The zero-order valence-corrected chi connectivity index (χ0v) is 20.7. The van der Waals surface area contributed by atoms with Gasteiger partial charge in [-0.3, -0.25) is 0 Å². The molecule has 0 aromatic carbocycles. The lowest BCUT2D eigenvalue weighted by molar-refractivity contribution is 0.137. The molecule has 0 aromatic heterocycles. The van der Waals surface area contributed by atoms with Gasteiger partial charge in [-0.25, -0.2) is 0 Å². The molecule has 4 nitrogen and oxygen atoms in total. The summed E-state index contributed by atoms with van der Waals surface area (Å²) in [7, 11) is -7.76. The van der Waals surface area contributed by atoms with E-state index in [9.17, 15) is 0 Å². The highest BCUT2D eigenvalue weighted by molar-refractivity contribution is 6.89. The molecule has 0 aromatic rings. The van der Waals surface area contributed by atoms with Crippen LogP contribution < -0.4 is 0 Å². The van der Waals surface area contributed by atoms with Crippen molar-refractivity contribution >= 4 is 33.8 Å². The zero-order chi connectivity index (χ0) is 18.4. The van der Waals surface area contributed by atoms with Crippen LogP contribution in [0.2, 0.25) is 65.0 Å². The third-order valence-corrected chi connectivity index (χ3v) is 16.3. The molecule has 0 aliphatic carbocycles. The first-order chi connectivity index (χ1) is 10.2. The van der Waals surface area contributed by atoms with Crippen molar-refractivity contribution in [2.24, 2.45) is 0 Å². The minimum absolute atomic E-state index is 0.570. The van der Waals surface area contributed by atoms with Crippen molar-refractivity contribution in [3.8, 4) is 0 Å². The van der Waals surface area contributed by atoms with Crippen LogP contribution in [0.4, 0.5) is 0 Å². The Morgan fingerprint density at radius 3 is 1.65 bits per heavy atom. The molecule has 0 aliphatic rings. The minimum Gasteiger partial charge on any atom is -0.437 e. The van der Waals surface area contributed by atoms with Crippen molar-refractivity contribution in [2.45, 2.75) is 77.8 Å². The molecule has 0 N–H and O–H groups in total. The quantitative estimate of drug-likeness (QED) is 0.345. The third-order valence-electron chi connectivity index (χ3n) is 2.72. The Bertz CT molecular complexity index is 339. The second-order valence-electron chi connectivity index (χ2n) is 8.57. The normalized spacial score (nSPS) is 16.4. The predicted molar refractivity (Wildman–Crippen MR) is 108 cm³/mol. The Morgan fingerprint density at radius 2 is 1.22 bits per heavy atom. The highest BCUT2D eigenvalue weighted by Gasteiger charge is 2.44. The van der Waals surface area contributed by atoms with Crippen LogP contribution >= 0.6 is 0 Å². The Hall–Kier alpha value is 0.708. The second kappa shape index (κ2) is 9.42. The van der Waals surface area contributed by atoms with Crippen molar-refractivity contribution < 1.29 is 17.1 Å². The van der Waals surface area contributed by atoms with Crippen molar-refractivity contribution in [3.63, 3.8) is 0 Å². The van der Waals surface area contributed by atoms with E-state index in [1.165, 1.54) is 0 Å². The van der Waals surface area contributed by atoms with Gasteiger partial charge in [0.2, 0.25) is 0 Å². The van der Waals surface area contributed by atoms with Gasteiger partial charge in [-0.05, 0) is 84.7 Å². The minimum atomic E-state index is -2.27. The van der Waals surface area contributed by atoms with Gasteiger partial charge in [-0.2, -0.15) is 0 Å². The summed E-state index contributed by atoms with van der Waals surface area (Å²) in [4.78, 5) is 0. The van der Waals surface area contributed by atoms with Gasteiger partial charge in [0.05, 0.1) is 0 Å². The van der Waals surface area contributed by atoms with Crippen molar-refractivity contribution in [3.05, 3.63) is 6.92 Å². The summed E-state index contributed by atoms with van der Waals surface area (Å²) in [6.45, 7) is 26.6. The third kappa shape index (κ3) is 13.7. The van der Waals surface area contributed by atoms with Gasteiger partial charge in [-0.1, -0.05) is 0 Å². The monoisotopic (exact) mass is 394 g/mol. The van der Waals surface area contributed by atoms with Crippen LogP contribution in [0.1, 0.15) is 12.8 Å². The summed E-state index contributed by atoms with van der Waals surface area (Å²) in [6.07, 6.45) is 1.52. The predicted octanol–water partition coefficient (Wildman–Crippen LogP) is 4.99. The lowest BCUT2D eigenvalue weighted by Crippen LogP contribution is -2.56. The fourth-order valence-corrected chi connectivity index (χ4v) is 20.7. The summed E-state index contributed by atoms with van der Waals surface area (Å²) >= 11 is 0. The van der Waals surface area contributed by atoms with E-state index in [0.29, 0.717) is 13.0 Å². The molecule has 2 radical (unpaired) electrons. The van der Waals surface area contributed by atoms with Crippen LogP contribution in [0.25, 0.3) is 0 Å². The van der Waals surface area contributed by atoms with E-state index in [1.807, 2.05) is 0 Å². The van der Waals surface area contributed by atoms with Gasteiger partial charge >= 0.3 is 17.1 Å². The first-order valence-electron chi connectivity index (χ1n) is 8.56. The fraction of sp³-hybridized carbons (Fsp3) is 0.933. The Balaban J connectivity index is 4.84. The molecule has 0 fully saturated rings. The van der Waals surface area contributed by atoms with Gasteiger partial charge in [0.1, 0.15) is 0 Å². The Morgan fingerprint density at radius 1 is 0.696 bits per heavy atom. The standard InChI is InChI=1S/C15H38O4Si4/c1-11-13-16-14-12-15-23(10,18-21(5,6)7)19-22(8,9)17-20(2,3)4/h1H,11-15H2,2-10H3/t23-/m1/s1. The lowest BCUT2D eigenvalue weighted by atomic mass is 10.5. The number of hydrogen-bond acceptors (Lipinski definition) is 4. The van der Waals surface area contributed by atoms with Crippen LogP contribution in [0.5, 0.6) is 0 Å². The van der Waals surface area contributed by atoms with Crippen LogP contribution in [-0.2, 0) is 17.1 Å². The highest BCUT2D eigenvalue weighted by atomic mass is 28.5. The second-order valence-corrected chi connectivity index (χ2v) is 25.0. The van der Waals surface area contributed by atoms with E-state index >= 15 is 0 Å². The molecule has 138 valence electrons. The van der Waals surface area contributed by atoms with E-state index in [4.69, 9.17) is 24.0 Å². The molecular weight excluding hydrogens is 357 g/mol. The molecule has 0 heterocycles. The fourth-order valence-electron chi connectivity index (χ4n) is 2.73. The number of ether oxygens (including phenoxy) is 1. The molecule has 0 spiro atoms. The molecule has 0 rings (SSSR count). The average molecular weight is 395 g/mol. The molecule has 0 unspecified atom stereocenters. The lowest BCUT2D eigenvalue weighted by Gasteiger charge is -2.41. The van der Waals surface area contributed by atoms with Crippen LogP contribution in [0.15, 0.2) is 0 Å². The molecule has 0 saturated heterocycles. The molecule has 0 saturated carbocycles. The average Bonchev–Trinajstić information content (AvgIpc) is 2.20. The van der Waals surface area contributed by atoms with Crippen molar-refractivity contribution in [2.75, 3.05) is 13.2 Å². The number of hydrogen-bond donors (Lipinski definition) is 0. The maximum Gasteiger partial charge on any atom is 0.315 e. The van der Waals surface area contributed by atoms with E-state index < -0.39 is 33.8 Å². The topological polar surface area (TPSA) is 36.9 Å². The largest absolute Gasteiger partial charge is 0.437 e. The highest BCUT2D eigenvalue weighted by Crippen LogP contribution is 2.27. The Labute approximate surface area is 149 Å². The molecule has 0 bridgehead atoms. The molecular formula is C15H38O4Si4. The van der Waals surface area contributed by atoms with Crippen LogP contribution in [0, 0.1) is 6.92 Å². The SMILES string of the molecule is [CH]CCOCCC[Si@](C)(O[Si](C)(C)C)O[Si](C)(C)O[Si](C)(C)C. The van der Waals surface area contributed by atoms with Crippen LogP contribution in [-0.4, -0.2) is 47.0 Å². The van der Waals surface area contributed by atoms with E-state index in [1.54, 1.807) is 0 Å². The smallest absolute Gasteiger partial charge is 0.315 e. The molecule has 0 aliphatic heterocycles. The van der Waals surface area contributed by atoms with E-state index in [-0.39, 0.29) is 0 Å². The van der Waals surface area contributed by atoms with Crippen LogP contribution in [0.3, 0.4) is 0 Å². The molecule has 1 atom stereocenters. The summed E-state index contributed by atoms with van der Waals surface area (Å²) in [5.74, 6) is 0. The molecule has 8 heteroatoms. The number of rotatable bonds is 12. The van der Waals surface area contributed by atoms with Gasteiger partial charge in [0.25, 0.3) is 0 Å². The summed E-state index contributed by atoms with van der Waals surface area (Å²) in [5.41, 5.74) is 0. The molecule has 23 heavy (non-hydrogen) atoms. The van der Waals surface area contributed by atoms with Gasteiger partial charge in [-0.15, -0.1) is 0 Å². The van der Waals surface area contributed by atoms with Crippen molar-refractivity contribution in [1.82, 2.24) is 0 Å². The van der Waals surface area contributed by atoms with Gasteiger partial charge < -0.3 is 17.1 Å². The van der Waals surface area contributed by atoms with E-state index in [0.717, 1.165) is 19.1 Å². The maximum absolute atomic E-state index is 6.61. The maximum atomic E-state index is 6.61. The summed E-state index contributed by atoms with van der Waals surface area (Å²) in [6, 6.07) is 0.938. The van der Waals surface area contributed by atoms with Gasteiger partial charge in [0, 0.05) is 13.2 Å². The van der Waals surface area contributed by atoms with E-state index in [2.05, 4.69) is 58.9 Å². The van der Waals surface area contributed by atoms with Crippen molar-refractivity contribution in [1.29, 1.82) is 0 Å². The first kappa shape index (κ1) is 23.7. The Kier molecular flexibility index (Phi) is 9.71. The zero-order valence-electron chi connectivity index (χ0n) is 16.7. The summed E-state index contributed by atoms with van der Waals surface area (Å²) in [5, 5.41) is 0. The first-order valence-corrected chi connectivity index (χ1v) is 20.7.